The Bertz CT molecular complexity index is 193. The molecule has 1 fully saturated rings. The Labute approximate surface area is 52.5 Å². The maximum absolute atomic E-state index is 3.99. The topological polar surface area (TPSA) is 50.7 Å². The van der Waals surface area contributed by atoms with Crippen LogP contribution in [0.2, 0.25) is 0 Å². The molecule has 0 aliphatic carbocycles. The highest BCUT2D eigenvalue weighted by molar-refractivity contribution is 5.38. The third-order valence-corrected chi connectivity index (χ3v) is 1.16. The van der Waals surface area contributed by atoms with Crippen LogP contribution in [0.3, 0.4) is 0 Å². The van der Waals surface area contributed by atoms with Crippen molar-refractivity contribution in [1.82, 2.24) is 15.4 Å². The Hall–Kier alpha value is -1.16. The second-order valence-corrected chi connectivity index (χ2v) is 1.81. The first-order valence-electron chi connectivity index (χ1n) is 2.74. The maximum atomic E-state index is 3.99. The number of hydrogen-bond acceptors (Lipinski definition) is 4. The number of nitrogens with one attached hydrogen (secondary N) is 1. The minimum atomic E-state index is 0.900. The van der Waals surface area contributed by atoms with Gasteiger partial charge in [-0.3, -0.25) is 5.01 Å². The van der Waals surface area contributed by atoms with Crippen LogP contribution in [0.1, 0.15) is 0 Å². The van der Waals surface area contributed by atoms with Crippen molar-refractivity contribution in [2.24, 2.45) is 0 Å². The smallest absolute Gasteiger partial charge is 0.147 e. The molecule has 0 radical (unpaired) electrons. The predicted molar refractivity (Wildman–Crippen MR) is 32.5 cm³/mol. The summed E-state index contributed by atoms with van der Waals surface area (Å²) in [6.07, 6.45) is 3.26. The molecule has 2 heterocycles. The summed E-state index contributed by atoms with van der Waals surface area (Å²) in [4.78, 5) is 7.78. The number of rotatable bonds is 1. The number of anilines is 1. The van der Waals surface area contributed by atoms with Gasteiger partial charge in [-0.05, 0) is 0 Å². The summed E-state index contributed by atoms with van der Waals surface area (Å²) in [5, 5.41) is 1.93. The number of aromatic nitrogens is 2. The van der Waals surface area contributed by atoms with E-state index in [4.69, 9.17) is 0 Å². The van der Waals surface area contributed by atoms with Gasteiger partial charge in [0.25, 0.3) is 0 Å². The quantitative estimate of drug-likeness (QED) is 0.522. The van der Waals surface area contributed by atoms with Crippen molar-refractivity contribution in [3.05, 3.63) is 18.6 Å². The highest BCUT2D eigenvalue weighted by Gasteiger charge is 2.16. The molecule has 0 aromatic carbocycles. The molecule has 0 bridgehead atoms. The van der Waals surface area contributed by atoms with E-state index in [9.17, 15) is 0 Å². The molecule has 46 valence electrons. The number of nitrogens with zero attached hydrogens (tertiary/aromatic N) is 3. The van der Waals surface area contributed by atoms with Crippen LogP contribution in [0.25, 0.3) is 0 Å². The molecule has 0 unspecified atom stereocenters. The van der Waals surface area contributed by atoms with E-state index in [0.29, 0.717) is 0 Å². The van der Waals surface area contributed by atoms with Gasteiger partial charge in [0.05, 0.1) is 0 Å². The zero-order chi connectivity index (χ0) is 6.10. The Morgan fingerprint density at radius 1 is 1.67 bits per heavy atom. The van der Waals surface area contributed by atoms with Gasteiger partial charge >= 0.3 is 0 Å². The summed E-state index contributed by atoms with van der Waals surface area (Å²) in [7, 11) is 0. The lowest BCUT2D eigenvalue weighted by molar-refractivity contribution is 1.10. The molecule has 4 heteroatoms. The fourth-order valence-corrected chi connectivity index (χ4v) is 0.641. The van der Waals surface area contributed by atoms with Crippen molar-refractivity contribution < 1.29 is 0 Å². The van der Waals surface area contributed by atoms with Crippen molar-refractivity contribution >= 4 is 5.82 Å². The second-order valence-electron chi connectivity index (χ2n) is 1.81. The molecule has 0 atom stereocenters. The van der Waals surface area contributed by atoms with Gasteiger partial charge in [0.1, 0.15) is 18.8 Å². The third-order valence-electron chi connectivity index (χ3n) is 1.16. The van der Waals surface area contributed by atoms with Crippen LogP contribution in [0.4, 0.5) is 5.82 Å². The van der Waals surface area contributed by atoms with Crippen molar-refractivity contribution in [2.75, 3.05) is 11.7 Å². The van der Waals surface area contributed by atoms with Gasteiger partial charge in [0, 0.05) is 12.3 Å². The molecule has 0 saturated carbocycles. The first-order chi connectivity index (χ1) is 4.47. The lowest BCUT2D eigenvalue weighted by Crippen LogP contribution is -1.97. The Morgan fingerprint density at radius 3 is 3.11 bits per heavy atom. The minimum absolute atomic E-state index is 0.900. The van der Waals surface area contributed by atoms with Crippen molar-refractivity contribution in [1.29, 1.82) is 0 Å². The molecule has 4 nitrogen and oxygen atoms in total. The molecule has 1 aromatic rings. The number of hydrogen-bond donors (Lipinski definition) is 1. The summed E-state index contributed by atoms with van der Waals surface area (Å²) in [6, 6.07) is 1.86. The van der Waals surface area contributed by atoms with Gasteiger partial charge in [0.2, 0.25) is 0 Å². The summed E-state index contributed by atoms with van der Waals surface area (Å²) in [5.41, 5.74) is 2.99. The lowest BCUT2D eigenvalue weighted by atomic mass is 10.6. The minimum Gasteiger partial charge on any atom is -0.274 e. The third kappa shape index (κ3) is 0.837. The molecule has 0 spiro atoms. The van der Waals surface area contributed by atoms with Crippen LogP contribution in [-0.2, 0) is 0 Å². The summed E-state index contributed by atoms with van der Waals surface area (Å²) in [5.74, 6) is 0.935. The molecule has 0 amide bonds. The normalized spacial score (nSPS) is 15.8. The fraction of sp³-hybridized carbons (Fsp3) is 0.200. The van der Waals surface area contributed by atoms with E-state index in [1.165, 1.54) is 6.33 Å². The molecule has 1 aromatic heterocycles. The highest BCUT2D eigenvalue weighted by Crippen LogP contribution is 2.09. The molecular weight excluding hydrogens is 116 g/mol. The molecule has 1 saturated heterocycles. The average molecular weight is 122 g/mol. The van der Waals surface area contributed by atoms with Gasteiger partial charge in [0.15, 0.2) is 0 Å². The first kappa shape index (κ1) is 4.69. The summed E-state index contributed by atoms with van der Waals surface area (Å²) in [6.45, 7) is 0.900. The van der Waals surface area contributed by atoms with Crippen LogP contribution < -0.4 is 10.4 Å². The van der Waals surface area contributed by atoms with Crippen LogP contribution in [0.5, 0.6) is 0 Å². The van der Waals surface area contributed by atoms with Gasteiger partial charge < -0.3 is 0 Å². The van der Waals surface area contributed by atoms with Crippen LogP contribution in [-0.4, -0.2) is 16.6 Å². The van der Waals surface area contributed by atoms with E-state index in [1.54, 1.807) is 6.20 Å². The monoisotopic (exact) mass is 122 g/mol. The van der Waals surface area contributed by atoms with Crippen LogP contribution in [0.15, 0.2) is 18.6 Å². The zero-order valence-electron chi connectivity index (χ0n) is 4.78. The van der Waals surface area contributed by atoms with Crippen molar-refractivity contribution in [3.63, 3.8) is 0 Å². The highest BCUT2D eigenvalue weighted by atomic mass is 15.7. The molecular formula is C5H6N4. The van der Waals surface area contributed by atoms with Crippen LogP contribution >= 0.6 is 0 Å². The van der Waals surface area contributed by atoms with Crippen molar-refractivity contribution in [2.45, 2.75) is 0 Å². The van der Waals surface area contributed by atoms with Gasteiger partial charge in [-0.25, -0.2) is 15.4 Å². The second kappa shape index (κ2) is 1.66. The molecule has 9 heavy (non-hydrogen) atoms. The lowest BCUT2D eigenvalue weighted by Gasteiger charge is -1.94. The van der Waals surface area contributed by atoms with Gasteiger partial charge in [-0.2, -0.15) is 0 Å². The maximum Gasteiger partial charge on any atom is 0.147 e. The largest absolute Gasteiger partial charge is 0.274 e. The first-order valence-corrected chi connectivity index (χ1v) is 2.74. The van der Waals surface area contributed by atoms with Crippen molar-refractivity contribution in [3.8, 4) is 0 Å². The summed E-state index contributed by atoms with van der Waals surface area (Å²) < 4.78 is 0. The van der Waals surface area contributed by atoms with E-state index in [2.05, 4.69) is 15.4 Å². The molecule has 1 aliphatic heterocycles. The zero-order valence-corrected chi connectivity index (χ0v) is 4.78. The van der Waals surface area contributed by atoms with Crippen LogP contribution in [0, 0.1) is 0 Å². The van der Waals surface area contributed by atoms with E-state index >= 15 is 0 Å². The predicted octanol–water partition coefficient (Wildman–Crippen LogP) is -0.241. The van der Waals surface area contributed by atoms with E-state index < -0.39 is 0 Å². The molecule has 1 aliphatic rings. The Morgan fingerprint density at radius 2 is 2.56 bits per heavy atom. The Kier molecular flexibility index (Phi) is 0.868. The van der Waals surface area contributed by atoms with Gasteiger partial charge in [-0.15, -0.1) is 0 Å². The average Bonchev–Trinajstić information content (AvgIpc) is 2.71. The van der Waals surface area contributed by atoms with E-state index in [0.717, 1.165) is 12.5 Å². The number of hydrazine groups is 1. The Balaban J connectivity index is 2.29. The summed E-state index contributed by atoms with van der Waals surface area (Å²) >= 11 is 0. The fourth-order valence-electron chi connectivity index (χ4n) is 0.641. The standard InChI is InChI=1S/C5H6N4/c1-2-6-3-7-5(1)9-4-8-9/h1-3,8H,4H2. The van der Waals surface area contributed by atoms with E-state index in [-0.39, 0.29) is 0 Å². The molecule has 1 N–H and O–H groups in total. The SMILES string of the molecule is c1cc(N2CN2)ncn1. The molecule has 2 rings (SSSR count). The van der Waals surface area contributed by atoms with Gasteiger partial charge in [-0.1, -0.05) is 0 Å². The van der Waals surface area contributed by atoms with E-state index in [1.807, 2.05) is 11.1 Å².